The first-order valence-corrected chi connectivity index (χ1v) is 9.30. The maximum atomic E-state index is 13.5. The monoisotopic (exact) mass is 437 g/mol. The van der Waals surface area contributed by atoms with Crippen LogP contribution in [0.2, 0.25) is 0 Å². The van der Waals surface area contributed by atoms with Gasteiger partial charge in [0.15, 0.2) is 0 Å². The predicted octanol–water partition coefficient (Wildman–Crippen LogP) is 2.49. The first-order chi connectivity index (χ1) is 9.89. The van der Waals surface area contributed by atoms with Crippen molar-refractivity contribution in [2.24, 2.45) is 0 Å². The van der Waals surface area contributed by atoms with Gasteiger partial charge in [-0.25, -0.2) is 0 Å². The van der Waals surface area contributed by atoms with Crippen molar-refractivity contribution in [3.63, 3.8) is 0 Å². The van der Waals surface area contributed by atoms with Crippen molar-refractivity contribution in [3.05, 3.63) is 23.8 Å². The van der Waals surface area contributed by atoms with Gasteiger partial charge in [0.05, 0.1) is 0 Å². The number of benzene rings is 1. The molecule has 0 aliphatic carbocycles. The van der Waals surface area contributed by atoms with Crippen LogP contribution in [0.3, 0.4) is 0 Å². The third-order valence-electron chi connectivity index (χ3n) is 3.03. The summed E-state index contributed by atoms with van der Waals surface area (Å²) >= 11 is 0.743. The van der Waals surface area contributed by atoms with Crippen molar-refractivity contribution in [1.29, 1.82) is 0 Å². The molecule has 2 atom stereocenters. The quantitative estimate of drug-likeness (QED) is 0.725. The van der Waals surface area contributed by atoms with E-state index in [4.69, 9.17) is 4.74 Å². The molecule has 0 bridgehead atoms. The molecular formula is C14H19F3InNO2S. The second kappa shape index (κ2) is 7.13. The molecule has 0 N–H and O–H groups in total. The van der Waals surface area contributed by atoms with E-state index in [0.717, 1.165) is 32.0 Å². The molecule has 0 aliphatic heterocycles. The summed E-state index contributed by atoms with van der Waals surface area (Å²) in [5.74, 6) is 0.434. The van der Waals surface area contributed by atoms with E-state index in [1.807, 2.05) is 0 Å². The normalized spacial score (nSPS) is 15.7. The second-order valence-electron chi connectivity index (χ2n) is 5.85. The van der Waals surface area contributed by atoms with Crippen molar-refractivity contribution in [3.8, 4) is 5.75 Å². The predicted molar refractivity (Wildman–Crippen MR) is 82.8 cm³/mol. The van der Waals surface area contributed by atoms with E-state index in [1.165, 1.54) is 26.3 Å². The van der Waals surface area contributed by atoms with Gasteiger partial charge in [0.2, 0.25) is 0 Å². The number of hydrogen-bond acceptors (Lipinski definition) is 2. The summed E-state index contributed by atoms with van der Waals surface area (Å²) in [6.07, 6.45) is -4.54. The average molecular weight is 437 g/mol. The van der Waals surface area contributed by atoms with Crippen LogP contribution in [-0.4, -0.2) is 58.0 Å². The number of rotatable bonds is 4. The van der Waals surface area contributed by atoms with Crippen LogP contribution in [0.4, 0.5) is 13.2 Å². The summed E-state index contributed by atoms with van der Waals surface area (Å²) in [4.78, 5) is 0. The van der Waals surface area contributed by atoms with Crippen molar-refractivity contribution >= 4 is 38.7 Å². The Hall–Kier alpha value is -0.210. The van der Waals surface area contributed by atoms with Crippen molar-refractivity contribution in [2.45, 2.75) is 37.7 Å². The van der Waals surface area contributed by atoms with Crippen molar-refractivity contribution < 1.29 is 22.1 Å². The number of alkyl halides is 3. The Morgan fingerprint density at radius 2 is 1.82 bits per heavy atom. The Balaban J connectivity index is 3.34. The van der Waals surface area contributed by atoms with E-state index in [9.17, 15) is 17.4 Å². The molecule has 0 amide bonds. The van der Waals surface area contributed by atoms with Gasteiger partial charge in [-0.05, 0) is 0 Å². The van der Waals surface area contributed by atoms with E-state index in [-0.39, 0.29) is 5.56 Å². The molecule has 0 aliphatic rings. The molecule has 22 heavy (non-hydrogen) atoms. The van der Waals surface area contributed by atoms with Gasteiger partial charge in [-0.2, -0.15) is 0 Å². The van der Waals surface area contributed by atoms with Crippen LogP contribution in [0.15, 0.2) is 18.2 Å². The first kappa shape index (κ1) is 19.8. The van der Waals surface area contributed by atoms with Crippen LogP contribution in [0.5, 0.6) is 5.75 Å². The summed E-state index contributed by atoms with van der Waals surface area (Å²) in [6.45, 7) is 4.94. The summed E-state index contributed by atoms with van der Waals surface area (Å²) in [5, 5.41) is 0. The molecule has 1 rings (SSSR count). The maximum absolute atomic E-state index is 13.5. The number of halogens is 3. The van der Waals surface area contributed by atoms with E-state index in [0.29, 0.717) is 5.75 Å². The molecule has 8 heteroatoms. The van der Waals surface area contributed by atoms with Crippen molar-refractivity contribution in [2.75, 3.05) is 14.2 Å². The molecule has 0 unspecified atom stereocenters. The molecule has 0 heterocycles. The molecule has 0 fully saturated rings. The van der Waals surface area contributed by atoms with Crippen LogP contribution in [0, 0.1) is 0 Å². The average Bonchev–Trinajstić information content (AvgIpc) is 2.37. The fraction of sp³-hybridized carbons (Fsp3) is 0.571. The Kier molecular flexibility index (Phi) is 6.43. The minimum atomic E-state index is -4.54. The van der Waals surface area contributed by atoms with Gasteiger partial charge in [-0.3, -0.25) is 0 Å². The molecule has 1 aromatic carbocycles. The van der Waals surface area contributed by atoms with Crippen LogP contribution in [0.25, 0.3) is 0 Å². The van der Waals surface area contributed by atoms with E-state index >= 15 is 0 Å². The van der Waals surface area contributed by atoms with Crippen LogP contribution >= 0.6 is 0 Å². The molecule has 2 radical (unpaired) electrons. The molecule has 0 saturated carbocycles. The van der Waals surface area contributed by atoms with Gasteiger partial charge in [0.25, 0.3) is 0 Å². The van der Waals surface area contributed by atoms with Gasteiger partial charge in [-0.15, -0.1) is 0 Å². The summed E-state index contributed by atoms with van der Waals surface area (Å²) in [7, 11) is 0.873. The SMILES string of the molecule is COc1cc([C@H](N(C)[S@](=O)C(C)(C)C)C(F)(F)F)cc[c]1[In]. The molecule has 0 spiro atoms. The zero-order chi connectivity index (χ0) is 17.3. The topological polar surface area (TPSA) is 29.5 Å². The summed E-state index contributed by atoms with van der Waals surface area (Å²) in [5.41, 5.74) is 0.0301. The molecular weight excluding hydrogens is 418 g/mol. The number of methoxy groups -OCH3 is 1. The van der Waals surface area contributed by atoms with Crippen LogP contribution < -0.4 is 8.06 Å². The molecule has 1 aromatic rings. The third kappa shape index (κ3) is 4.64. The van der Waals surface area contributed by atoms with Gasteiger partial charge in [0, 0.05) is 0 Å². The van der Waals surface area contributed by atoms with Gasteiger partial charge >= 0.3 is 147 Å². The van der Waals surface area contributed by atoms with Crippen LogP contribution in [-0.2, 0) is 11.0 Å². The number of nitrogens with zero attached hydrogens (tertiary/aromatic N) is 1. The van der Waals surface area contributed by atoms with Crippen molar-refractivity contribution in [1.82, 2.24) is 4.31 Å². The standard InChI is InChI=1S/C14H19F3NO2S.In/c1-13(2,3)21(19)18(4)12(14(15,16)17)10-7-6-8-11(9-10)20-5;/h6-7,9,12H,1-5H3;/t12-,21+;/m0./s1. The fourth-order valence-corrected chi connectivity index (χ4v) is 4.18. The minimum absolute atomic E-state index is 0.0301. The Morgan fingerprint density at radius 1 is 1.27 bits per heavy atom. The van der Waals surface area contributed by atoms with E-state index < -0.39 is 28.0 Å². The van der Waals surface area contributed by atoms with E-state index in [2.05, 4.69) is 0 Å². The second-order valence-corrected chi connectivity index (χ2v) is 9.93. The Bertz CT molecular complexity index is 558. The molecule has 0 aromatic heterocycles. The zero-order valence-electron chi connectivity index (χ0n) is 13.2. The Labute approximate surface area is 146 Å². The van der Waals surface area contributed by atoms with Crippen LogP contribution in [0.1, 0.15) is 32.4 Å². The zero-order valence-corrected chi connectivity index (χ0v) is 17.3. The van der Waals surface area contributed by atoms with Gasteiger partial charge in [0.1, 0.15) is 0 Å². The third-order valence-corrected chi connectivity index (χ3v) is 6.18. The van der Waals surface area contributed by atoms with Gasteiger partial charge < -0.3 is 0 Å². The fourth-order valence-electron chi connectivity index (χ4n) is 2.03. The Morgan fingerprint density at radius 3 is 2.23 bits per heavy atom. The first-order valence-electron chi connectivity index (χ1n) is 6.54. The molecule has 3 nitrogen and oxygen atoms in total. The van der Waals surface area contributed by atoms with Gasteiger partial charge in [-0.1, -0.05) is 0 Å². The number of ether oxygens (including phenoxy) is 1. The summed E-state index contributed by atoms with van der Waals surface area (Å²) < 4.78 is 59.1. The summed E-state index contributed by atoms with van der Waals surface area (Å²) in [6, 6.07) is 2.50. The molecule has 0 saturated heterocycles. The molecule has 122 valence electrons. The number of hydrogen-bond donors (Lipinski definition) is 0. The van der Waals surface area contributed by atoms with E-state index in [1.54, 1.807) is 26.8 Å².